The van der Waals surface area contributed by atoms with Crippen molar-refractivity contribution in [3.63, 3.8) is 0 Å². The molecule has 0 unspecified atom stereocenters. The molecule has 5 rings (SSSR count). The maximum absolute atomic E-state index is 14.6. The van der Waals surface area contributed by atoms with Crippen molar-refractivity contribution in [3.8, 4) is 0 Å². The van der Waals surface area contributed by atoms with Gasteiger partial charge in [-0.1, -0.05) is 23.7 Å². The molecule has 3 atom stereocenters. The number of hydrogen-bond acceptors (Lipinski definition) is 9. The van der Waals surface area contributed by atoms with Crippen LogP contribution in [-0.2, 0) is 14.3 Å². The van der Waals surface area contributed by atoms with Gasteiger partial charge >= 0.3 is 18.0 Å². The molecule has 2 aromatic rings. The van der Waals surface area contributed by atoms with E-state index >= 15 is 0 Å². The molecule has 1 aromatic carbocycles. The fraction of sp³-hybridized carbons (Fsp3) is 0.444. The average molecular weight is 605 g/mol. The summed E-state index contributed by atoms with van der Waals surface area (Å²) in [6.07, 6.45) is 0. The van der Waals surface area contributed by atoms with E-state index in [4.69, 9.17) is 21.3 Å². The van der Waals surface area contributed by atoms with Gasteiger partial charge in [0.2, 0.25) is 0 Å². The molecule has 0 radical (unpaired) electrons. The average Bonchev–Trinajstić information content (AvgIpc) is 3.52. The number of halogens is 2. The molecule has 0 saturated carbocycles. The number of amidine groups is 1. The summed E-state index contributed by atoms with van der Waals surface area (Å²) >= 11 is 7.74. The molecule has 14 heteroatoms. The summed E-state index contributed by atoms with van der Waals surface area (Å²) in [6, 6.07) is 1.49. The number of carboxylic acid groups (broad SMARTS) is 1. The van der Waals surface area contributed by atoms with Crippen molar-refractivity contribution in [3.05, 3.63) is 62.0 Å². The number of carboxylic acids is 1. The van der Waals surface area contributed by atoms with Crippen LogP contribution in [0.1, 0.15) is 36.2 Å². The first-order valence-corrected chi connectivity index (χ1v) is 14.5. The van der Waals surface area contributed by atoms with Crippen molar-refractivity contribution >= 4 is 46.7 Å². The molecule has 0 aliphatic carbocycles. The summed E-state index contributed by atoms with van der Waals surface area (Å²) in [5, 5.41) is 15.7. The number of hydrogen-bond donors (Lipinski definition) is 2. The monoisotopic (exact) mass is 604 g/mol. The van der Waals surface area contributed by atoms with Gasteiger partial charge in [-0.25, -0.2) is 19.0 Å². The van der Waals surface area contributed by atoms with Crippen molar-refractivity contribution < 1.29 is 28.6 Å². The molecule has 218 valence electrons. The molecule has 3 aliphatic heterocycles. The second-order valence-corrected chi connectivity index (χ2v) is 11.1. The minimum Gasteiger partial charge on any atom is -0.480 e. The van der Waals surface area contributed by atoms with Gasteiger partial charge in [-0.2, -0.15) is 0 Å². The normalized spacial score (nSPS) is 22.9. The Labute approximate surface area is 245 Å². The highest BCUT2D eigenvalue weighted by Crippen LogP contribution is 2.38. The minimum atomic E-state index is -1.08. The molecule has 2 N–H and O–H groups in total. The number of nitrogens with one attached hydrogen (secondary N) is 1. The van der Waals surface area contributed by atoms with Crippen molar-refractivity contribution in [1.29, 1.82) is 0 Å². The van der Waals surface area contributed by atoms with Gasteiger partial charge in [-0.3, -0.25) is 14.7 Å². The quantitative estimate of drug-likeness (QED) is 0.440. The van der Waals surface area contributed by atoms with Crippen LogP contribution in [0.3, 0.4) is 0 Å². The Morgan fingerprint density at radius 3 is 2.73 bits per heavy atom. The molecule has 3 aliphatic rings. The van der Waals surface area contributed by atoms with Crippen molar-refractivity contribution in [2.75, 3.05) is 39.3 Å². The summed E-state index contributed by atoms with van der Waals surface area (Å²) < 4.78 is 20.0. The third-order valence-corrected chi connectivity index (χ3v) is 8.79. The van der Waals surface area contributed by atoms with Gasteiger partial charge < -0.3 is 25.0 Å². The summed E-state index contributed by atoms with van der Waals surface area (Å²) in [5.41, 5.74) is 1.48. The van der Waals surface area contributed by atoms with Gasteiger partial charge in [0.05, 0.1) is 23.2 Å². The smallest absolute Gasteiger partial charge is 0.338 e. The fourth-order valence-electron chi connectivity index (χ4n) is 5.54. The molecule has 4 heterocycles. The zero-order chi connectivity index (χ0) is 29.4. The fourth-order valence-corrected chi connectivity index (χ4v) is 6.52. The highest BCUT2D eigenvalue weighted by molar-refractivity contribution is 7.11. The predicted octanol–water partition coefficient (Wildman–Crippen LogP) is 3.05. The number of benzene rings is 1. The number of carbonyl (C=O) groups excluding carboxylic acids is 2. The van der Waals surface area contributed by atoms with Gasteiger partial charge in [0.1, 0.15) is 17.9 Å². The Balaban J connectivity index is 1.60. The lowest BCUT2D eigenvalue weighted by molar-refractivity contribution is -0.147. The number of carbonyl (C=O) groups is 3. The Morgan fingerprint density at radius 2 is 2.07 bits per heavy atom. The van der Waals surface area contributed by atoms with E-state index in [2.05, 4.69) is 10.3 Å². The molecule has 11 nitrogen and oxygen atoms in total. The van der Waals surface area contributed by atoms with E-state index in [1.54, 1.807) is 27.7 Å². The van der Waals surface area contributed by atoms with E-state index in [0.29, 0.717) is 29.6 Å². The first-order valence-electron chi connectivity index (χ1n) is 13.3. The summed E-state index contributed by atoms with van der Waals surface area (Å²) in [7, 11) is 0. The maximum Gasteiger partial charge on any atom is 0.338 e. The van der Waals surface area contributed by atoms with E-state index < -0.39 is 35.9 Å². The van der Waals surface area contributed by atoms with E-state index in [0.717, 1.165) is 5.69 Å². The number of aliphatic imine (C=N–C) groups is 1. The van der Waals surface area contributed by atoms with Gasteiger partial charge in [-0.15, -0.1) is 11.3 Å². The number of rotatable bonds is 8. The van der Waals surface area contributed by atoms with Crippen molar-refractivity contribution in [1.82, 2.24) is 25.0 Å². The number of amides is 2. The first kappa shape index (κ1) is 29.0. The van der Waals surface area contributed by atoms with Crippen LogP contribution in [0.4, 0.5) is 9.18 Å². The number of ether oxygens (including phenoxy) is 1. The Kier molecular flexibility index (Phi) is 8.30. The maximum atomic E-state index is 14.6. The molecule has 2 fully saturated rings. The number of piperazine rings is 1. The molecular weight excluding hydrogens is 575 g/mol. The number of aryl methyl sites for hydroxylation is 1. The lowest BCUT2D eigenvalue weighted by atomic mass is 9.94. The SMILES string of the molecule is CCOC(=O)C1=C(CN2CCN3C(=O)N(CC)C[C@@H]3[C@@H]2C(=O)O)NC(c2nc(C)cs2)=N[C@H]1c1cccc(F)c1Cl. The van der Waals surface area contributed by atoms with E-state index in [1.807, 2.05) is 19.2 Å². The zero-order valence-electron chi connectivity index (χ0n) is 22.8. The number of urea groups is 1. The second kappa shape index (κ2) is 11.7. The molecular formula is C27H30ClFN6O5S. The highest BCUT2D eigenvalue weighted by Gasteiger charge is 2.49. The lowest BCUT2D eigenvalue weighted by Crippen LogP contribution is -2.62. The summed E-state index contributed by atoms with van der Waals surface area (Å²) in [6.45, 7) is 6.78. The Morgan fingerprint density at radius 1 is 1.29 bits per heavy atom. The predicted molar refractivity (Wildman–Crippen MR) is 150 cm³/mol. The van der Waals surface area contributed by atoms with Crippen molar-refractivity contribution in [2.45, 2.75) is 38.9 Å². The minimum absolute atomic E-state index is 0.00256. The van der Waals surface area contributed by atoms with Crippen LogP contribution in [-0.4, -0.2) is 100 Å². The van der Waals surface area contributed by atoms with Crippen LogP contribution in [0, 0.1) is 12.7 Å². The highest BCUT2D eigenvalue weighted by atomic mass is 35.5. The largest absolute Gasteiger partial charge is 0.480 e. The molecule has 0 bridgehead atoms. The number of aliphatic carboxylic acids is 1. The Hall–Kier alpha value is -3.55. The van der Waals surface area contributed by atoms with Gasteiger partial charge in [0.15, 0.2) is 10.8 Å². The van der Waals surface area contributed by atoms with E-state index in [9.17, 15) is 23.9 Å². The topological polar surface area (TPSA) is 128 Å². The van der Waals surface area contributed by atoms with Crippen LogP contribution in [0.15, 0.2) is 39.8 Å². The number of nitrogens with zero attached hydrogens (tertiary/aromatic N) is 5. The van der Waals surface area contributed by atoms with Crippen LogP contribution in [0.25, 0.3) is 0 Å². The molecule has 1 aromatic heterocycles. The molecule has 0 spiro atoms. The lowest BCUT2D eigenvalue weighted by Gasteiger charge is -2.42. The second-order valence-electron chi connectivity index (χ2n) is 9.89. The van der Waals surface area contributed by atoms with Crippen LogP contribution in [0.5, 0.6) is 0 Å². The van der Waals surface area contributed by atoms with Gasteiger partial charge in [0, 0.05) is 55.1 Å². The first-order chi connectivity index (χ1) is 19.6. The third-order valence-electron chi connectivity index (χ3n) is 7.42. The van der Waals surface area contributed by atoms with Gasteiger partial charge in [-0.05, 0) is 26.8 Å². The number of aromatic nitrogens is 1. The Bertz CT molecular complexity index is 1450. The van der Waals surface area contributed by atoms with Crippen LogP contribution < -0.4 is 5.32 Å². The van der Waals surface area contributed by atoms with Crippen molar-refractivity contribution in [2.24, 2.45) is 4.99 Å². The molecule has 2 saturated heterocycles. The summed E-state index contributed by atoms with van der Waals surface area (Å²) in [5.74, 6) is -2.08. The van der Waals surface area contributed by atoms with E-state index in [1.165, 1.54) is 23.5 Å². The molecule has 41 heavy (non-hydrogen) atoms. The number of fused-ring (bicyclic) bond motifs is 1. The molecule has 2 amide bonds. The number of thiazole rings is 1. The summed E-state index contributed by atoms with van der Waals surface area (Å²) in [4.78, 5) is 53.1. The number of esters is 1. The van der Waals surface area contributed by atoms with Gasteiger partial charge in [0.25, 0.3) is 0 Å². The standard InChI is InChI=1S/C27H30ClFN6O5S/c1-4-33-12-18-22(25(36)37)34(9-10-35(18)27(33)39)11-17-19(26(38)40-5-2)21(15-7-6-8-16(29)20(15)28)32-23(31-17)24-30-14(3)13-41-24/h6-8,13,18,21-22H,4-5,9-12H2,1-3H3,(H,31,32)(H,36,37)/t18-,21+,22-/m1/s1. The van der Waals surface area contributed by atoms with E-state index in [-0.39, 0.29) is 48.4 Å². The van der Waals surface area contributed by atoms with Crippen LogP contribution >= 0.6 is 22.9 Å². The third kappa shape index (κ3) is 5.41. The number of likely N-dealkylation sites (N-methyl/N-ethyl adjacent to an activating group) is 1. The zero-order valence-corrected chi connectivity index (χ0v) is 24.3. The van der Waals surface area contributed by atoms with Crippen LogP contribution in [0.2, 0.25) is 5.02 Å².